The van der Waals surface area contributed by atoms with Crippen molar-refractivity contribution in [1.29, 1.82) is 0 Å². The molecule has 1 amide bonds. The minimum Gasteiger partial charge on any atom is -0.356 e. The van der Waals surface area contributed by atoms with E-state index in [0.29, 0.717) is 31.7 Å². The molecule has 0 aromatic heterocycles. The summed E-state index contributed by atoms with van der Waals surface area (Å²) in [6.07, 6.45) is -3.85. The molecule has 7 heteroatoms. The Labute approximate surface area is 139 Å². The fourth-order valence-electron chi connectivity index (χ4n) is 2.77. The van der Waals surface area contributed by atoms with Crippen LogP contribution < -0.4 is 5.32 Å². The van der Waals surface area contributed by atoms with Gasteiger partial charge in [-0.25, -0.2) is 0 Å². The predicted molar refractivity (Wildman–Crippen MR) is 82.2 cm³/mol. The standard InChI is InChI=1S/C17H22F3NO3/c1-12(10-16(2)23-6-7-24-16)11-21-15(22)9-13-4-3-5-14(8-13)17(18,19)20/h3-5,8,12H,6-7,9-11H2,1-2H3,(H,21,22). The molecule has 1 aliphatic heterocycles. The fourth-order valence-corrected chi connectivity index (χ4v) is 2.77. The van der Waals surface area contributed by atoms with Crippen molar-refractivity contribution >= 4 is 5.91 Å². The second kappa shape index (κ2) is 7.53. The first-order chi connectivity index (χ1) is 11.2. The van der Waals surface area contributed by atoms with Crippen LogP contribution in [0.3, 0.4) is 0 Å². The van der Waals surface area contributed by atoms with Gasteiger partial charge in [0.05, 0.1) is 25.2 Å². The molecule has 1 N–H and O–H groups in total. The summed E-state index contributed by atoms with van der Waals surface area (Å²) in [7, 11) is 0. The number of alkyl halides is 3. The number of hydrogen-bond donors (Lipinski definition) is 1. The Kier molecular flexibility index (Phi) is 5.87. The summed E-state index contributed by atoms with van der Waals surface area (Å²) < 4.78 is 49.0. The van der Waals surface area contributed by atoms with Gasteiger partial charge in [-0.15, -0.1) is 0 Å². The number of ether oxygens (including phenoxy) is 2. The van der Waals surface area contributed by atoms with Gasteiger partial charge in [0.25, 0.3) is 0 Å². The van der Waals surface area contributed by atoms with Gasteiger partial charge in [-0.2, -0.15) is 13.2 Å². The first-order valence-electron chi connectivity index (χ1n) is 7.89. The molecule has 4 nitrogen and oxygen atoms in total. The lowest BCUT2D eigenvalue weighted by Crippen LogP contribution is -2.35. The van der Waals surface area contributed by atoms with E-state index in [9.17, 15) is 18.0 Å². The number of carbonyl (C=O) groups is 1. The molecule has 1 heterocycles. The Bertz CT molecular complexity index is 568. The molecule has 0 saturated carbocycles. The summed E-state index contributed by atoms with van der Waals surface area (Å²) >= 11 is 0. The third kappa shape index (κ3) is 5.49. The van der Waals surface area contributed by atoms with E-state index >= 15 is 0 Å². The molecule has 1 aliphatic rings. The van der Waals surface area contributed by atoms with E-state index in [0.717, 1.165) is 12.1 Å². The number of amides is 1. The molecule has 2 rings (SSSR count). The van der Waals surface area contributed by atoms with E-state index in [1.807, 2.05) is 13.8 Å². The van der Waals surface area contributed by atoms with Crippen LogP contribution in [-0.4, -0.2) is 31.5 Å². The SMILES string of the molecule is CC(CNC(=O)Cc1cccc(C(F)(F)F)c1)CC1(C)OCCO1. The van der Waals surface area contributed by atoms with E-state index in [4.69, 9.17) is 9.47 Å². The first-order valence-corrected chi connectivity index (χ1v) is 7.89. The molecule has 1 fully saturated rings. The summed E-state index contributed by atoms with van der Waals surface area (Å²) in [6.45, 7) is 5.36. The molecule has 24 heavy (non-hydrogen) atoms. The first kappa shape index (κ1) is 18.7. The maximum atomic E-state index is 12.7. The third-order valence-corrected chi connectivity index (χ3v) is 3.88. The third-order valence-electron chi connectivity index (χ3n) is 3.88. The molecule has 1 saturated heterocycles. The number of nitrogens with one attached hydrogen (secondary N) is 1. The van der Waals surface area contributed by atoms with Crippen LogP contribution in [0.1, 0.15) is 31.4 Å². The van der Waals surface area contributed by atoms with E-state index in [1.165, 1.54) is 12.1 Å². The molecule has 0 aliphatic carbocycles. The highest BCUT2D eigenvalue weighted by atomic mass is 19.4. The van der Waals surface area contributed by atoms with Gasteiger partial charge in [0.15, 0.2) is 5.79 Å². The molecular formula is C17H22F3NO3. The minimum absolute atomic E-state index is 0.0824. The zero-order valence-electron chi connectivity index (χ0n) is 13.8. The van der Waals surface area contributed by atoms with Crippen LogP contribution in [0.5, 0.6) is 0 Å². The maximum Gasteiger partial charge on any atom is 0.416 e. The topological polar surface area (TPSA) is 47.6 Å². The van der Waals surface area contributed by atoms with Crippen molar-refractivity contribution in [3.8, 4) is 0 Å². The van der Waals surface area contributed by atoms with Gasteiger partial charge in [-0.1, -0.05) is 25.1 Å². The molecule has 1 atom stereocenters. The summed E-state index contributed by atoms with van der Waals surface area (Å²) in [5.41, 5.74) is -0.408. The normalized spacial score (nSPS) is 18.4. The van der Waals surface area contributed by atoms with Crippen LogP contribution in [0.2, 0.25) is 0 Å². The minimum atomic E-state index is -4.41. The van der Waals surface area contributed by atoms with Gasteiger partial charge in [0.1, 0.15) is 0 Å². The highest BCUT2D eigenvalue weighted by Crippen LogP contribution is 2.29. The van der Waals surface area contributed by atoms with Crippen LogP contribution in [0.25, 0.3) is 0 Å². The van der Waals surface area contributed by atoms with E-state index in [1.54, 1.807) is 0 Å². The Morgan fingerprint density at radius 3 is 2.62 bits per heavy atom. The maximum absolute atomic E-state index is 12.7. The molecule has 1 aromatic carbocycles. The van der Waals surface area contributed by atoms with E-state index in [2.05, 4.69) is 5.32 Å². The van der Waals surface area contributed by atoms with Crippen LogP contribution >= 0.6 is 0 Å². The largest absolute Gasteiger partial charge is 0.416 e. The highest BCUT2D eigenvalue weighted by molar-refractivity contribution is 5.78. The Hall–Kier alpha value is -1.60. The lowest BCUT2D eigenvalue weighted by molar-refractivity contribution is -0.154. The van der Waals surface area contributed by atoms with Gasteiger partial charge in [0.2, 0.25) is 5.91 Å². The molecule has 0 bridgehead atoms. The van der Waals surface area contributed by atoms with Crippen molar-refractivity contribution in [3.05, 3.63) is 35.4 Å². The van der Waals surface area contributed by atoms with Crippen molar-refractivity contribution in [1.82, 2.24) is 5.32 Å². The summed E-state index contributed by atoms with van der Waals surface area (Å²) in [5, 5.41) is 2.75. The average molecular weight is 345 g/mol. The van der Waals surface area contributed by atoms with Crippen molar-refractivity contribution in [3.63, 3.8) is 0 Å². The van der Waals surface area contributed by atoms with Crippen molar-refractivity contribution in [2.75, 3.05) is 19.8 Å². The van der Waals surface area contributed by atoms with Crippen molar-refractivity contribution < 1.29 is 27.4 Å². The zero-order valence-corrected chi connectivity index (χ0v) is 13.8. The summed E-state index contributed by atoms with van der Waals surface area (Å²) in [4.78, 5) is 11.9. The fraction of sp³-hybridized carbons (Fsp3) is 0.588. The second-order valence-electron chi connectivity index (χ2n) is 6.32. The molecule has 1 aromatic rings. The Morgan fingerprint density at radius 2 is 2.00 bits per heavy atom. The number of carbonyl (C=O) groups excluding carboxylic acids is 1. The quantitative estimate of drug-likeness (QED) is 0.862. The van der Waals surface area contributed by atoms with E-state index in [-0.39, 0.29) is 18.2 Å². The van der Waals surface area contributed by atoms with Crippen LogP contribution in [-0.2, 0) is 26.9 Å². The second-order valence-corrected chi connectivity index (χ2v) is 6.32. The van der Waals surface area contributed by atoms with Crippen LogP contribution in [0.4, 0.5) is 13.2 Å². The summed E-state index contributed by atoms with van der Waals surface area (Å²) in [6, 6.07) is 4.82. The van der Waals surface area contributed by atoms with Gasteiger partial charge in [-0.05, 0) is 24.5 Å². The average Bonchev–Trinajstić information content (AvgIpc) is 2.91. The Balaban J connectivity index is 1.81. The Morgan fingerprint density at radius 1 is 1.33 bits per heavy atom. The van der Waals surface area contributed by atoms with Crippen molar-refractivity contribution in [2.24, 2.45) is 5.92 Å². The lowest BCUT2D eigenvalue weighted by Gasteiger charge is -2.26. The smallest absolute Gasteiger partial charge is 0.356 e. The van der Waals surface area contributed by atoms with Crippen LogP contribution in [0.15, 0.2) is 24.3 Å². The molecular weight excluding hydrogens is 323 g/mol. The van der Waals surface area contributed by atoms with Gasteiger partial charge >= 0.3 is 6.18 Å². The number of hydrogen-bond acceptors (Lipinski definition) is 3. The zero-order chi connectivity index (χ0) is 17.8. The molecule has 1 unspecified atom stereocenters. The van der Waals surface area contributed by atoms with E-state index < -0.39 is 17.5 Å². The molecule has 0 radical (unpaired) electrons. The molecule has 134 valence electrons. The number of rotatable bonds is 6. The lowest BCUT2D eigenvalue weighted by atomic mass is 10.0. The highest BCUT2D eigenvalue weighted by Gasteiger charge is 2.33. The summed E-state index contributed by atoms with van der Waals surface area (Å²) in [5.74, 6) is -0.802. The van der Waals surface area contributed by atoms with Gasteiger partial charge in [0, 0.05) is 13.0 Å². The monoisotopic (exact) mass is 345 g/mol. The molecule has 0 spiro atoms. The van der Waals surface area contributed by atoms with Crippen molar-refractivity contribution in [2.45, 2.75) is 38.7 Å². The van der Waals surface area contributed by atoms with Crippen LogP contribution in [0, 0.1) is 5.92 Å². The predicted octanol–water partition coefficient (Wildman–Crippen LogP) is 3.15. The van der Waals surface area contributed by atoms with Gasteiger partial charge in [-0.3, -0.25) is 4.79 Å². The van der Waals surface area contributed by atoms with Gasteiger partial charge < -0.3 is 14.8 Å². The number of benzene rings is 1. The number of halogens is 3.